The fraction of sp³-hybridized carbons (Fsp3) is 0.444. The molecule has 1 aromatic rings. The molecule has 0 atom stereocenters. The Bertz CT molecular complexity index is 294. The highest BCUT2D eigenvalue weighted by Gasteiger charge is 1.95. The first-order valence-electron chi connectivity index (χ1n) is 4.12. The molecular weight excluding hydrogens is 184 g/mol. The number of thiophene rings is 1. The first-order valence-corrected chi connectivity index (χ1v) is 4.94. The molecule has 3 nitrogen and oxygen atoms in total. The average Bonchev–Trinajstić information content (AvgIpc) is 2.49. The van der Waals surface area contributed by atoms with Crippen LogP contribution in [-0.4, -0.2) is 12.9 Å². The Morgan fingerprint density at radius 2 is 2.38 bits per heavy atom. The van der Waals surface area contributed by atoms with E-state index >= 15 is 0 Å². The summed E-state index contributed by atoms with van der Waals surface area (Å²) in [6.45, 7) is 4.62. The topological polar surface area (TPSA) is 33.6 Å². The summed E-state index contributed by atoms with van der Waals surface area (Å²) >= 11 is 1.76. The molecule has 1 aromatic heterocycles. The van der Waals surface area contributed by atoms with Gasteiger partial charge in [-0.2, -0.15) is 5.48 Å². The van der Waals surface area contributed by atoms with Gasteiger partial charge in [0.15, 0.2) is 0 Å². The minimum atomic E-state index is 0.661. The molecule has 0 aliphatic carbocycles. The van der Waals surface area contributed by atoms with Crippen molar-refractivity contribution in [2.45, 2.75) is 20.4 Å². The Labute approximate surface area is 82.4 Å². The van der Waals surface area contributed by atoms with Crippen LogP contribution in [0.5, 0.6) is 0 Å². The molecule has 1 rings (SSSR count). The van der Waals surface area contributed by atoms with Gasteiger partial charge >= 0.3 is 0 Å². The molecule has 0 radical (unpaired) electrons. The molecule has 72 valence electrons. The summed E-state index contributed by atoms with van der Waals surface area (Å²) in [6.07, 6.45) is 0. The number of aliphatic imine (C=N–C) groups is 1. The molecule has 0 aromatic carbocycles. The van der Waals surface area contributed by atoms with E-state index in [2.05, 4.69) is 29.5 Å². The van der Waals surface area contributed by atoms with Crippen molar-refractivity contribution in [3.8, 4) is 0 Å². The molecule has 0 unspecified atom stereocenters. The van der Waals surface area contributed by atoms with Crippen LogP contribution in [0.15, 0.2) is 17.1 Å². The Morgan fingerprint density at radius 1 is 1.62 bits per heavy atom. The first-order chi connectivity index (χ1) is 6.22. The van der Waals surface area contributed by atoms with Gasteiger partial charge in [0, 0.05) is 23.7 Å². The Balaban J connectivity index is 2.46. The number of hydrogen-bond donors (Lipinski definition) is 1. The van der Waals surface area contributed by atoms with Crippen molar-refractivity contribution in [1.29, 1.82) is 0 Å². The van der Waals surface area contributed by atoms with Gasteiger partial charge in [0.25, 0.3) is 0 Å². The smallest absolute Gasteiger partial charge is 0.206 e. The maximum absolute atomic E-state index is 4.97. The second-order valence-corrected chi connectivity index (χ2v) is 4.03. The van der Waals surface area contributed by atoms with Crippen molar-refractivity contribution in [2.75, 3.05) is 7.05 Å². The minimum absolute atomic E-state index is 0.661. The number of hydrogen-bond acceptors (Lipinski definition) is 4. The van der Waals surface area contributed by atoms with Gasteiger partial charge in [-0.1, -0.05) is 0 Å². The number of hydroxylamine groups is 1. The molecule has 0 saturated heterocycles. The summed E-state index contributed by atoms with van der Waals surface area (Å²) in [6, 6.07) is 4.19. The van der Waals surface area contributed by atoms with Crippen LogP contribution in [0.4, 0.5) is 0 Å². The summed E-state index contributed by atoms with van der Waals surface area (Å²) in [4.78, 5) is 11.8. The molecule has 0 saturated carbocycles. The Hall–Kier alpha value is -0.870. The predicted molar refractivity (Wildman–Crippen MR) is 56.0 cm³/mol. The fourth-order valence-electron chi connectivity index (χ4n) is 0.939. The van der Waals surface area contributed by atoms with Gasteiger partial charge in [-0.25, -0.2) is 4.99 Å². The highest BCUT2D eigenvalue weighted by Crippen LogP contribution is 2.15. The lowest BCUT2D eigenvalue weighted by Gasteiger charge is -1.99. The van der Waals surface area contributed by atoms with Gasteiger partial charge in [0.05, 0.1) is 6.54 Å². The van der Waals surface area contributed by atoms with Gasteiger partial charge in [0.2, 0.25) is 5.90 Å². The van der Waals surface area contributed by atoms with Gasteiger partial charge in [-0.15, -0.1) is 11.3 Å². The summed E-state index contributed by atoms with van der Waals surface area (Å²) in [5, 5.41) is 0. The maximum atomic E-state index is 4.97. The molecule has 0 amide bonds. The van der Waals surface area contributed by atoms with E-state index in [0.29, 0.717) is 12.4 Å². The fourth-order valence-corrected chi connectivity index (χ4v) is 1.75. The van der Waals surface area contributed by atoms with Crippen molar-refractivity contribution >= 4 is 17.2 Å². The molecule has 0 spiro atoms. The van der Waals surface area contributed by atoms with Crippen LogP contribution in [0, 0.1) is 6.92 Å². The van der Waals surface area contributed by atoms with Crippen LogP contribution in [0.2, 0.25) is 0 Å². The zero-order valence-electron chi connectivity index (χ0n) is 8.13. The SMILES string of the molecule is CNO/C(C)=N\Cc1ccc(C)s1. The predicted octanol–water partition coefficient (Wildman–Crippen LogP) is 2.13. The molecule has 0 fully saturated rings. The first kappa shape index (κ1) is 10.2. The Kier molecular flexibility index (Phi) is 3.92. The zero-order valence-corrected chi connectivity index (χ0v) is 8.94. The van der Waals surface area contributed by atoms with Gasteiger partial charge in [-0.3, -0.25) is 0 Å². The van der Waals surface area contributed by atoms with E-state index in [4.69, 9.17) is 4.84 Å². The summed E-state index contributed by atoms with van der Waals surface area (Å²) in [7, 11) is 1.72. The van der Waals surface area contributed by atoms with E-state index in [9.17, 15) is 0 Å². The number of nitrogens with zero attached hydrogens (tertiary/aromatic N) is 1. The van der Waals surface area contributed by atoms with Crippen molar-refractivity contribution in [2.24, 2.45) is 4.99 Å². The lowest BCUT2D eigenvalue weighted by Crippen LogP contribution is -2.12. The van der Waals surface area contributed by atoms with E-state index in [1.54, 1.807) is 18.4 Å². The number of rotatable bonds is 3. The molecule has 4 heteroatoms. The molecule has 13 heavy (non-hydrogen) atoms. The highest BCUT2D eigenvalue weighted by atomic mass is 32.1. The largest absolute Gasteiger partial charge is 0.394 e. The van der Waals surface area contributed by atoms with E-state index in [-0.39, 0.29) is 0 Å². The summed E-state index contributed by atoms with van der Waals surface area (Å²) < 4.78 is 0. The second-order valence-electron chi connectivity index (χ2n) is 2.65. The lowest BCUT2D eigenvalue weighted by atomic mass is 10.4. The third-order valence-corrected chi connectivity index (χ3v) is 2.49. The van der Waals surface area contributed by atoms with Crippen molar-refractivity contribution in [3.05, 3.63) is 21.9 Å². The van der Waals surface area contributed by atoms with Crippen LogP contribution in [0.1, 0.15) is 16.7 Å². The van der Waals surface area contributed by atoms with Crippen molar-refractivity contribution in [1.82, 2.24) is 5.48 Å². The number of aryl methyl sites for hydroxylation is 1. The Morgan fingerprint density at radius 3 is 2.92 bits per heavy atom. The van der Waals surface area contributed by atoms with Crippen LogP contribution in [0.3, 0.4) is 0 Å². The minimum Gasteiger partial charge on any atom is -0.394 e. The van der Waals surface area contributed by atoms with E-state index in [0.717, 1.165) is 0 Å². The number of nitrogens with one attached hydrogen (secondary N) is 1. The summed E-state index contributed by atoms with van der Waals surface area (Å²) in [5.74, 6) is 0.661. The molecule has 0 aliphatic rings. The second kappa shape index (κ2) is 4.99. The molecule has 1 heterocycles. The van der Waals surface area contributed by atoms with Crippen LogP contribution >= 0.6 is 11.3 Å². The lowest BCUT2D eigenvalue weighted by molar-refractivity contribution is 0.206. The third-order valence-electron chi connectivity index (χ3n) is 1.50. The van der Waals surface area contributed by atoms with Crippen molar-refractivity contribution < 1.29 is 4.84 Å². The standard InChI is InChI=1S/C9H14N2OS/c1-7-4-5-9(13-7)6-11-8(2)12-10-3/h4-5,10H,6H2,1-3H3/b11-8-. The third kappa shape index (κ3) is 3.57. The van der Waals surface area contributed by atoms with Gasteiger partial charge in [0.1, 0.15) is 0 Å². The zero-order chi connectivity index (χ0) is 9.68. The van der Waals surface area contributed by atoms with E-state index in [1.165, 1.54) is 9.75 Å². The van der Waals surface area contributed by atoms with Crippen LogP contribution < -0.4 is 5.48 Å². The maximum Gasteiger partial charge on any atom is 0.206 e. The van der Waals surface area contributed by atoms with Crippen LogP contribution in [0.25, 0.3) is 0 Å². The molecule has 1 N–H and O–H groups in total. The molecule has 0 aliphatic heterocycles. The van der Waals surface area contributed by atoms with Crippen molar-refractivity contribution in [3.63, 3.8) is 0 Å². The van der Waals surface area contributed by atoms with Gasteiger partial charge in [-0.05, 0) is 19.1 Å². The molecular formula is C9H14N2OS. The molecule has 0 bridgehead atoms. The average molecular weight is 198 g/mol. The normalized spacial score (nSPS) is 11.8. The van der Waals surface area contributed by atoms with Gasteiger partial charge < -0.3 is 4.84 Å². The monoisotopic (exact) mass is 198 g/mol. The van der Waals surface area contributed by atoms with Crippen LogP contribution in [-0.2, 0) is 11.4 Å². The summed E-state index contributed by atoms with van der Waals surface area (Å²) in [5.41, 5.74) is 2.58. The van der Waals surface area contributed by atoms with E-state index in [1.807, 2.05) is 6.92 Å². The van der Waals surface area contributed by atoms with E-state index < -0.39 is 0 Å². The highest BCUT2D eigenvalue weighted by molar-refractivity contribution is 7.11. The quantitative estimate of drug-likeness (QED) is 0.458.